The first-order valence-corrected chi connectivity index (χ1v) is 5.11. The molecule has 0 heterocycles. The van der Waals surface area contributed by atoms with Gasteiger partial charge in [-0.15, -0.1) is 5.92 Å². The Kier molecular flexibility index (Phi) is 4.41. The van der Waals surface area contributed by atoms with Crippen LogP contribution in [0.15, 0.2) is 30.3 Å². The average molecular weight is 217 g/mol. The Morgan fingerprint density at radius 3 is 2.56 bits per heavy atom. The Labute approximate surface area is 95.7 Å². The maximum Gasteiger partial charge on any atom is 0.408 e. The van der Waals surface area contributed by atoms with Crippen molar-refractivity contribution in [2.75, 3.05) is 0 Å². The molecule has 1 rings (SSSR count). The average Bonchev–Trinajstić information content (AvgIpc) is 2.27. The standard InChI is InChI=1S/C13H15NO2/c1-3-7-11(2)14(13(15)16)10-12-8-5-4-6-9-12/h4-6,8-9,11H,10H2,1-2H3,(H,15,16). The van der Waals surface area contributed by atoms with Crippen molar-refractivity contribution in [2.45, 2.75) is 26.4 Å². The summed E-state index contributed by atoms with van der Waals surface area (Å²) >= 11 is 0. The van der Waals surface area contributed by atoms with Gasteiger partial charge in [-0.1, -0.05) is 36.3 Å². The molecule has 1 unspecified atom stereocenters. The summed E-state index contributed by atoms with van der Waals surface area (Å²) in [6, 6.07) is 9.22. The van der Waals surface area contributed by atoms with Crippen molar-refractivity contribution in [3.05, 3.63) is 35.9 Å². The van der Waals surface area contributed by atoms with E-state index in [-0.39, 0.29) is 6.04 Å². The molecule has 0 saturated heterocycles. The number of hydrogen-bond donors (Lipinski definition) is 1. The summed E-state index contributed by atoms with van der Waals surface area (Å²) in [5.41, 5.74) is 0.967. The topological polar surface area (TPSA) is 40.5 Å². The quantitative estimate of drug-likeness (QED) is 0.790. The van der Waals surface area contributed by atoms with Crippen LogP contribution in [0.5, 0.6) is 0 Å². The van der Waals surface area contributed by atoms with Gasteiger partial charge in [0, 0.05) is 0 Å². The predicted octanol–water partition coefficient (Wildman–Crippen LogP) is 2.58. The zero-order valence-corrected chi connectivity index (χ0v) is 9.47. The third-order valence-corrected chi connectivity index (χ3v) is 2.26. The van der Waals surface area contributed by atoms with Crippen LogP contribution in [0.4, 0.5) is 4.79 Å². The van der Waals surface area contributed by atoms with Gasteiger partial charge in [-0.2, -0.15) is 0 Å². The molecule has 0 aromatic heterocycles. The van der Waals surface area contributed by atoms with Gasteiger partial charge in [0.25, 0.3) is 0 Å². The second kappa shape index (κ2) is 5.82. The molecule has 1 amide bonds. The normalized spacial score (nSPS) is 11.1. The van der Waals surface area contributed by atoms with Crippen molar-refractivity contribution < 1.29 is 9.90 Å². The molecule has 1 atom stereocenters. The fourth-order valence-electron chi connectivity index (χ4n) is 1.44. The van der Waals surface area contributed by atoms with E-state index in [4.69, 9.17) is 5.11 Å². The lowest BCUT2D eigenvalue weighted by atomic mass is 10.2. The molecule has 1 aromatic rings. The maximum absolute atomic E-state index is 11.1. The predicted molar refractivity (Wildman–Crippen MR) is 62.9 cm³/mol. The smallest absolute Gasteiger partial charge is 0.408 e. The minimum absolute atomic E-state index is 0.289. The Morgan fingerprint density at radius 2 is 2.06 bits per heavy atom. The number of amides is 1. The highest BCUT2D eigenvalue weighted by Gasteiger charge is 2.17. The van der Waals surface area contributed by atoms with E-state index >= 15 is 0 Å². The molecule has 0 fully saturated rings. The van der Waals surface area contributed by atoms with Crippen molar-refractivity contribution in [1.29, 1.82) is 0 Å². The van der Waals surface area contributed by atoms with Gasteiger partial charge < -0.3 is 5.11 Å². The molecular weight excluding hydrogens is 202 g/mol. The molecule has 0 aliphatic carbocycles. The molecule has 0 aliphatic heterocycles. The van der Waals surface area contributed by atoms with E-state index in [1.54, 1.807) is 13.8 Å². The van der Waals surface area contributed by atoms with E-state index in [9.17, 15) is 4.79 Å². The van der Waals surface area contributed by atoms with Crippen LogP contribution in [-0.4, -0.2) is 22.1 Å². The van der Waals surface area contributed by atoms with E-state index in [0.717, 1.165) is 5.56 Å². The highest BCUT2D eigenvalue weighted by molar-refractivity contribution is 5.66. The van der Waals surface area contributed by atoms with Gasteiger partial charge in [0.15, 0.2) is 0 Å². The maximum atomic E-state index is 11.1. The Morgan fingerprint density at radius 1 is 1.44 bits per heavy atom. The summed E-state index contributed by atoms with van der Waals surface area (Å²) in [6.07, 6.45) is -0.945. The van der Waals surface area contributed by atoms with Crippen LogP contribution >= 0.6 is 0 Å². The fourth-order valence-corrected chi connectivity index (χ4v) is 1.44. The van der Waals surface area contributed by atoms with Crippen LogP contribution < -0.4 is 0 Å². The van der Waals surface area contributed by atoms with Crippen LogP contribution in [0, 0.1) is 11.8 Å². The van der Waals surface area contributed by atoms with Crippen LogP contribution in [0.1, 0.15) is 19.4 Å². The summed E-state index contributed by atoms with van der Waals surface area (Å²) in [4.78, 5) is 12.4. The fraction of sp³-hybridized carbons (Fsp3) is 0.308. The summed E-state index contributed by atoms with van der Waals surface area (Å²) in [5.74, 6) is 5.58. The van der Waals surface area contributed by atoms with Gasteiger partial charge in [-0.05, 0) is 19.4 Å². The van der Waals surface area contributed by atoms with Crippen molar-refractivity contribution >= 4 is 6.09 Å². The number of carboxylic acid groups (broad SMARTS) is 1. The van der Waals surface area contributed by atoms with Gasteiger partial charge in [-0.3, -0.25) is 4.90 Å². The SMILES string of the molecule is CC#CC(C)N(Cc1ccccc1)C(=O)O. The third kappa shape index (κ3) is 3.32. The number of nitrogens with zero attached hydrogens (tertiary/aromatic N) is 1. The second-order valence-corrected chi connectivity index (χ2v) is 3.47. The van der Waals surface area contributed by atoms with Crippen molar-refractivity contribution in [3.8, 4) is 11.8 Å². The van der Waals surface area contributed by atoms with Crippen molar-refractivity contribution in [1.82, 2.24) is 4.90 Å². The van der Waals surface area contributed by atoms with E-state index in [2.05, 4.69) is 11.8 Å². The third-order valence-electron chi connectivity index (χ3n) is 2.26. The van der Waals surface area contributed by atoms with E-state index in [1.165, 1.54) is 4.90 Å². The van der Waals surface area contributed by atoms with Gasteiger partial charge >= 0.3 is 6.09 Å². The van der Waals surface area contributed by atoms with E-state index < -0.39 is 6.09 Å². The first-order valence-electron chi connectivity index (χ1n) is 5.11. The summed E-state index contributed by atoms with van der Waals surface area (Å²) in [6.45, 7) is 3.86. The second-order valence-electron chi connectivity index (χ2n) is 3.47. The zero-order valence-electron chi connectivity index (χ0n) is 9.47. The van der Waals surface area contributed by atoms with Gasteiger partial charge in [0.2, 0.25) is 0 Å². The summed E-state index contributed by atoms with van der Waals surface area (Å²) < 4.78 is 0. The highest BCUT2D eigenvalue weighted by atomic mass is 16.4. The zero-order chi connectivity index (χ0) is 12.0. The molecule has 0 spiro atoms. The van der Waals surface area contributed by atoms with Crippen molar-refractivity contribution in [2.24, 2.45) is 0 Å². The van der Waals surface area contributed by atoms with Crippen LogP contribution in [-0.2, 0) is 6.54 Å². The van der Waals surface area contributed by atoms with Crippen LogP contribution in [0.25, 0.3) is 0 Å². The first-order chi connectivity index (χ1) is 7.65. The Bertz CT molecular complexity index is 403. The number of rotatable bonds is 3. The van der Waals surface area contributed by atoms with Crippen LogP contribution in [0.2, 0.25) is 0 Å². The Balaban J connectivity index is 2.79. The summed E-state index contributed by atoms with van der Waals surface area (Å²) in [5, 5.41) is 9.09. The van der Waals surface area contributed by atoms with Gasteiger partial charge in [-0.25, -0.2) is 4.79 Å². The molecular formula is C13H15NO2. The van der Waals surface area contributed by atoms with E-state index in [0.29, 0.717) is 6.54 Å². The molecule has 16 heavy (non-hydrogen) atoms. The highest BCUT2D eigenvalue weighted by Crippen LogP contribution is 2.08. The summed E-state index contributed by atoms with van der Waals surface area (Å²) in [7, 11) is 0. The Hall–Kier alpha value is -1.95. The molecule has 3 heteroatoms. The molecule has 3 nitrogen and oxygen atoms in total. The molecule has 84 valence electrons. The monoisotopic (exact) mass is 217 g/mol. The van der Waals surface area contributed by atoms with Crippen LogP contribution in [0.3, 0.4) is 0 Å². The largest absolute Gasteiger partial charge is 0.465 e. The van der Waals surface area contributed by atoms with E-state index in [1.807, 2.05) is 30.3 Å². The minimum atomic E-state index is -0.945. The number of carbonyl (C=O) groups is 1. The minimum Gasteiger partial charge on any atom is -0.465 e. The molecule has 1 N–H and O–H groups in total. The molecule has 0 saturated carbocycles. The lowest BCUT2D eigenvalue weighted by Gasteiger charge is -2.22. The molecule has 0 bridgehead atoms. The first kappa shape index (κ1) is 12.1. The van der Waals surface area contributed by atoms with Gasteiger partial charge in [0.1, 0.15) is 0 Å². The molecule has 0 radical (unpaired) electrons. The lowest BCUT2D eigenvalue weighted by molar-refractivity contribution is 0.135. The number of benzene rings is 1. The molecule has 0 aliphatic rings. The number of hydrogen-bond acceptors (Lipinski definition) is 1. The van der Waals surface area contributed by atoms with Gasteiger partial charge in [0.05, 0.1) is 12.6 Å². The molecule has 1 aromatic carbocycles. The van der Waals surface area contributed by atoms with Crippen molar-refractivity contribution in [3.63, 3.8) is 0 Å². The lowest BCUT2D eigenvalue weighted by Crippen LogP contribution is -2.36.